The van der Waals surface area contributed by atoms with Crippen LogP contribution in [0.15, 0.2) is 28.7 Å². The third kappa shape index (κ3) is 2.42. The van der Waals surface area contributed by atoms with Crippen molar-refractivity contribution in [1.82, 2.24) is 10.2 Å². The first-order chi connectivity index (χ1) is 7.16. The Labute approximate surface area is 100 Å². The molecule has 0 fully saturated rings. The summed E-state index contributed by atoms with van der Waals surface area (Å²) < 4.78 is 1.04. The van der Waals surface area contributed by atoms with Crippen LogP contribution in [0.25, 0.3) is 10.6 Å². The van der Waals surface area contributed by atoms with E-state index in [0.29, 0.717) is 0 Å². The van der Waals surface area contributed by atoms with Crippen LogP contribution in [-0.4, -0.2) is 10.2 Å². The van der Waals surface area contributed by atoms with Crippen molar-refractivity contribution < 1.29 is 0 Å². The highest BCUT2D eigenvalue weighted by atomic mass is 79.9. The molecule has 1 aromatic carbocycles. The zero-order valence-electron chi connectivity index (χ0n) is 8.14. The first-order valence-electron chi connectivity index (χ1n) is 4.52. The monoisotopic (exact) mass is 283 g/mol. The zero-order valence-corrected chi connectivity index (χ0v) is 10.5. The molecule has 0 radical (unpaired) electrons. The molecular weight excluding hydrogens is 274 g/mol. The lowest BCUT2D eigenvalue weighted by Gasteiger charge is -1.96. The molecule has 0 aliphatic heterocycles. The molecule has 0 bridgehead atoms. The Hall–Kier alpha value is -0.780. The van der Waals surface area contributed by atoms with E-state index in [9.17, 15) is 0 Å². The maximum atomic E-state index is 5.73. The van der Waals surface area contributed by atoms with Gasteiger partial charge in [-0.05, 0) is 19.1 Å². The van der Waals surface area contributed by atoms with Gasteiger partial charge in [-0.2, -0.15) is 0 Å². The van der Waals surface area contributed by atoms with Crippen molar-refractivity contribution in [2.75, 3.05) is 0 Å². The van der Waals surface area contributed by atoms with Crippen LogP contribution >= 0.6 is 27.3 Å². The Morgan fingerprint density at radius 2 is 2.20 bits per heavy atom. The van der Waals surface area contributed by atoms with Gasteiger partial charge in [-0.25, -0.2) is 0 Å². The van der Waals surface area contributed by atoms with E-state index in [1.807, 2.05) is 31.2 Å². The molecule has 1 aromatic heterocycles. The Morgan fingerprint density at radius 1 is 1.40 bits per heavy atom. The second-order valence-electron chi connectivity index (χ2n) is 3.24. The van der Waals surface area contributed by atoms with E-state index in [1.54, 1.807) is 0 Å². The summed E-state index contributed by atoms with van der Waals surface area (Å²) in [5.41, 5.74) is 6.80. The molecule has 0 amide bonds. The number of hydrogen-bond acceptors (Lipinski definition) is 4. The predicted octanol–water partition coefficient (Wildman–Crippen LogP) is 2.99. The number of aromatic nitrogens is 2. The van der Waals surface area contributed by atoms with Gasteiger partial charge in [-0.3, -0.25) is 0 Å². The van der Waals surface area contributed by atoms with Gasteiger partial charge in [0.2, 0.25) is 0 Å². The van der Waals surface area contributed by atoms with Crippen LogP contribution in [0.5, 0.6) is 0 Å². The van der Waals surface area contributed by atoms with E-state index in [1.165, 1.54) is 11.3 Å². The molecule has 3 nitrogen and oxygen atoms in total. The Morgan fingerprint density at radius 3 is 2.80 bits per heavy atom. The molecule has 1 unspecified atom stereocenters. The van der Waals surface area contributed by atoms with Crippen molar-refractivity contribution in [3.63, 3.8) is 0 Å². The number of rotatable bonds is 2. The summed E-state index contributed by atoms with van der Waals surface area (Å²) in [5.74, 6) is 0. The van der Waals surface area contributed by atoms with Gasteiger partial charge in [0.1, 0.15) is 10.0 Å². The average molecular weight is 284 g/mol. The Balaban J connectivity index is 2.37. The summed E-state index contributed by atoms with van der Waals surface area (Å²) in [6, 6.07) is 7.94. The fourth-order valence-electron chi connectivity index (χ4n) is 1.16. The summed E-state index contributed by atoms with van der Waals surface area (Å²) in [7, 11) is 0. The molecule has 0 saturated heterocycles. The lowest BCUT2D eigenvalue weighted by atomic mass is 10.2. The molecule has 78 valence electrons. The Bertz CT molecular complexity index is 467. The first-order valence-corrected chi connectivity index (χ1v) is 6.12. The fraction of sp³-hybridized carbons (Fsp3) is 0.200. The van der Waals surface area contributed by atoms with Gasteiger partial charge in [0, 0.05) is 10.0 Å². The summed E-state index contributed by atoms with van der Waals surface area (Å²) in [5, 5.41) is 9.94. The highest BCUT2D eigenvalue weighted by molar-refractivity contribution is 9.10. The maximum absolute atomic E-state index is 5.73. The maximum Gasteiger partial charge on any atom is 0.147 e. The number of nitrogens with two attached hydrogens (primary N) is 1. The molecule has 1 atom stereocenters. The molecular formula is C10H10BrN3S. The molecule has 0 spiro atoms. The third-order valence-corrected chi connectivity index (χ3v) is 3.57. The number of benzene rings is 1. The summed E-state index contributed by atoms with van der Waals surface area (Å²) >= 11 is 4.96. The molecule has 0 aliphatic rings. The SMILES string of the molecule is CC(N)c1nnc(-c2cccc(Br)c2)s1. The Kier molecular flexibility index (Phi) is 3.14. The smallest absolute Gasteiger partial charge is 0.147 e. The molecule has 0 saturated carbocycles. The summed E-state index contributed by atoms with van der Waals surface area (Å²) in [6.45, 7) is 1.91. The van der Waals surface area contributed by atoms with Crippen molar-refractivity contribution >= 4 is 27.3 Å². The molecule has 5 heteroatoms. The van der Waals surface area contributed by atoms with E-state index in [2.05, 4.69) is 26.1 Å². The fourth-order valence-corrected chi connectivity index (χ4v) is 2.35. The van der Waals surface area contributed by atoms with Crippen LogP contribution in [0.1, 0.15) is 18.0 Å². The van der Waals surface area contributed by atoms with Gasteiger partial charge in [-0.15, -0.1) is 10.2 Å². The van der Waals surface area contributed by atoms with Crippen LogP contribution in [-0.2, 0) is 0 Å². The zero-order chi connectivity index (χ0) is 10.8. The van der Waals surface area contributed by atoms with Crippen LogP contribution in [0, 0.1) is 0 Å². The van der Waals surface area contributed by atoms with Gasteiger partial charge in [-0.1, -0.05) is 39.4 Å². The van der Waals surface area contributed by atoms with E-state index < -0.39 is 0 Å². The van der Waals surface area contributed by atoms with Crippen LogP contribution in [0.3, 0.4) is 0 Å². The minimum Gasteiger partial charge on any atom is -0.322 e. The van der Waals surface area contributed by atoms with Crippen molar-refractivity contribution in [1.29, 1.82) is 0 Å². The first kappa shape index (κ1) is 10.7. The van der Waals surface area contributed by atoms with E-state index in [0.717, 1.165) is 20.1 Å². The topological polar surface area (TPSA) is 51.8 Å². The number of halogens is 1. The van der Waals surface area contributed by atoms with Crippen molar-refractivity contribution in [2.45, 2.75) is 13.0 Å². The van der Waals surface area contributed by atoms with E-state index in [4.69, 9.17) is 5.73 Å². The number of hydrogen-bond donors (Lipinski definition) is 1. The summed E-state index contributed by atoms with van der Waals surface area (Å²) in [4.78, 5) is 0. The minimum atomic E-state index is -0.0524. The lowest BCUT2D eigenvalue weighted by molar-refractivity contribution is 0.786. The predicted molar refractivity (Wildman–Crippen MR) is 65.6 cm³/mol. The molecule has 2 N–H and O–H groups in total. The van der Waals surface area contributed by atoms with E-state index >= 15 is 0 Å². The van der Waals surface area contributed by atoms with Gasteiger partial charge in [0.25, 0.3) is 0 Å². The highest BCUT2D eigenvalue weighted by Crippen LogP contribution is 2.27. The molecule has 2 rings (SSSR count). The van der Waals surface area contributed by atoms with Crippen molar-refractivity contribution in [2.24, 2.45) is 5.73 Å². The number of nitrogens with zero attached hydrogens (tertiary/aromatic N) is 2. The van der Waals surface area contributed by atoms with Gasteiger partial charge in [0.15, 0.2) is 0 Å². The second kappa shape index (κ2) is 4.38. The van der Waals surface area contributed by atoms with Crippen LogP contribution < -0.4 is 5.73 Å². The van der Waals surface area contributed by atoms with Crippen molar-refractivity contribution in [3.8, 4) is 10.6 Å². The van der Waals surface area contributed by atoms with Gasteiger partial charge < -0.3 is 5.73 Å². The largest absolute Gasteiger partial charge is 0.322 e. The van der Waals surface area contributed by atoms with Gasteiger partial charge >= 0.3 is 0 Å². The summed E-state index contributed by atoms with van der Waals surface area (Å²) in [6.07, 6.45) is 0. The molecule has 2 aromatic rings. The normalized spacial score (nSPS) is 12.7. The second-order valence-corrected chi connectivity index (χ2v) is 5.17. The quantitative estimate of drug-likeness (QED) is 0.922. The molecule has 1 heterocycles. The van der Waals surface area contributed by atoms with Gasteiger partial charge in [0.05, 0.1) is 6.04 Å². The average Bonchev–Trinajstić information content (AvgIpc) is 2.66. The minimum absolute atomic E-state index is 0.0524. The highest BCUT2D eigenvalue weighted by Gasteiger charge is 2.09. The van der Waals surface area contributed by atoms with E-state index in [-0.39, 0.29) is 6.04 Å². The molecule has 0 aliphatic carbocycles. The molecule has 15 heavy (non-hydrogen) atoms. The third-order valence-electron chi connectivity index (χ3n) is 1.90. The van der Waals surface area contributed by atoms with Crippen molar-refractivity contribution in [3.05, 3.63) is 33.7 Å². The lowest BCUT2D eigenvalue weighted by Crippen LogP contribution is -2.03. The van der Waals surface area contributed by atoms with Crippen LogP contribution in [0.4, 0.5) is 0 Å². The standard InChI is InChI=1S/C10H10BrN3S/c1-6(12)9-13-14-10(15-9)7-3-2-4-8(11)5-7/h2-6H,12H2,1H3. The van der Waals surface area contributed by atoms with Crippen LogP contribution in [0.2, 0.25) is 0 Å².